The minimum atomic E-state index is -3.66. The summed E-state index contributed by atoms with van der Waals surface area (Å²) in [4.78, 5) is 17.1. The highest BCUT2D eigenvalue weighted by molar-refractivity contribution is 7.89. The summed E-state index contributed by atoms with van der Waals surface area (Å²) in [5.41, 5.74) is 1.68. The molecule has 0 unspecified atom stereocenters. The van der Waals surface area contributed by atoms with Crippen LogP contribution in [0.4, 0.5) is 4.39 Å². The topological polar surface area (TPSA) is 93.1 Å². The average molecular weight is 485 g/mol. The zero-order valence-electron chi connectivity index (χ0n) is 19.2. The molecule has 1 aliphatic carbocycles. The van der Waals surface area contributed by atoms with Crippen LogP contribution < -0.4 is 10.0 Å². The molecule has 0 bridgehead atoms. The zero-order valence-corrected chi connectivity index (χ0v) is 20.1. The Bertz CT molecular complexity index is 1230. The number of hydrogen-bond acceptors (Lipinski definition) is 4. The molecule has 0 spiro atoms. The third-order valence-electron chi connectivity index (χ3n) is 6.40. The second-order valence-corrected chi connectivity index (χ2v) is 10.5. The molecule has 4 rings (SSSR count). The normalized spacial score (nSPS) is 19.5. The van der Waals surface area contributed by atoms with Gasteiger partial charge in [0.05, 0.1) is 10.9 Å². The zero-order chi connectivity index (χ0) is 24.3. The van der Waals surface area contributed by atoms with E-state index in [2.05, 4.69) is 15.0 Å². The molecule has 0 radical (unpaired) electrons. The van der Waals surface area contributed by atoms with Gasteiger partial charge < -0.3 is 9.88 Å². The van der Waals surface area contributed by atoms with Crippen molar-refractivity contribution in [2.45, 2.75) is 56.5 Å². The maximum Gasteiger partial charge on any atom is 0.240 e. The largest absolute Gasteiger partial charge is 0.349 e. The summed E-state index contributed by atoms with van der Waals surface area (Å²) in [6, 6.07) is 12.3. The molecule has 34 heavy (non-hydrogen) atoms. The summed E-state index contributed by atoms with van der Waals surface area (Å²) in [7, 11) is -3.66. The Morgan fingerprint density at radius 1 is 1.06 bits per heavy atom. The molecular weight excluding hydrogens is 455 g/mol. The second kappa shape index (κ2) is 10.1. The Balaban J connectivity index is 1.30. The van der Waals surface area contributed by atoms with Crippen LogP contribution in [-0.2, 0) is 14.8 Å². The molecular formula is C25H29FN4O3S. The third-order valence-corrected chi connectivity index (χ3v) is 7.94. The first-order chi connectivity index (χ1) is 16.2. The van der Waals surface area contributed by atoms with E-state index in [4.69, 9.17) is 0 Å². The monoisotopic (exact) mass is 484 g/mol. The summed E-state index contributed by atoms with van der Waals surface area (Å²) in [6.07, 6.45) is 5.92. The number of carbonyl (C=O) groups excluding carboxylic acids is 1. The van der Waals surface area contributed by atoms with Crippen molar-refractivity contribution in [3.63, 3.8) is 0 Å². The Morgan fingerprint density at radius 2 is 1.71 bits per heavy atom. The number of carbonyl (C=O) groups is 1. The van der Waals surface area contributed by atoms with Gasteiger partial charge in [0.25, 0.3) is 0 Å². The van der Waals surface area contributed by atoms with Gasteiger partial charge in [-0.1, -0.05) is 12.1 Å². The standard InChI is InChI=1S/C25H29FN4O3S/c1-17(19-3-7-21(26)8-4-19)28-25(31)20-5-9-22(10-6-20)29-34(32,33)24-13-11-23(12-14-24)30-16-15-27-18(30)2/h3-4,7-8,11-17,20,22,29H,5-6,9-10H2,1-2H3,(H,28,31)/t17-,20?,22?/m1/s1. The van der Waals surface area contributed by atoms with Crippen LogP contribution in [0.1, 0.15) is 50.0 Å². The minimum absolute atomic E-state index is 0.0523. The van der Waals surface area contributed by atoms with Gasteiger partial charge in [-0.3, -0.25) is 4.79 Å². The van der Waals surface area contributed by atoms with E-state index in [0.29, 0.717) is 25.7 Å². The van der Waals surface area contributed by atoms with Crippen molar-refractivity contribution in [2.24, 2.45) is 5.92 Å². The van der Waals surface area contributed by atoms with Crippen LogP contribution in [0.25, 0.3) is 5.69 Å². The van der Waals surface area contributed by atoms with Crippen LogP contribution in [0.2, 0.25) is 0 Å². The van der Waals surface area contributed by atoms with Crippen molar-refractivity contribution in [2.75, 3.05) is 0 Å². The summed E-state index contributed by atoms with van der Waals surface area (Å²) >= 11 is 0. The number of amides is 1. The number of aromatic nitrogens is 2. The molecule has 1 amide bonds. The van der Waals surface area contributed by atoms with Crippen LogP contribution in [0.5, 0.6) is 0 Å². The second-order valence-electron chi connectivity index (χ2n) is 8.79. The van der Waals surface area contributed by atoms with Gasteiger partial charge in [0, 0.05) is 30.0 Å². The highest BCUT2D eigenvalue weighted by Gasteiger charge is 2.29. The number of nitrogens with one attached hydrogen (secondary N) is 2. The summed E-state index contributed by atoms with van der Waals surface area (Å²) in [5.74, 6) is 0.291. The Hall–Kier alpha value is -3.04. The lowest BCUT2D eigenvalue weighted by molar-refractivity contribution is -0.126. The molecule has 9 heteroatoms. The number of hydrogen-bond donors (Lipinski definition) is 2. The number of benzene rings is 2. The van der Waals surface area contributed by atoms with E-state index in [9.17, 15) is 17.6 Å². The lowest BCUT2D eigenvalue weighted by Gasteiger charge is -2.29. The number of nitrogens with zero attached hydrogens (tertiary/aromatic N) is 2. The maximum absolute atomic E-state index is 13.1. The van der Waals surface area contributed by atoms with Crippen LogP contribution in [0, 0.1) is 18.7 Å². The fourth-order valence-corrected chi connectivity index (χ4v) is 5.67. The first-order valence-electron chi connectivity index (χ1n) is 11.4. The predicted octanol–water partition coefficient (Wildman–Crippen LogP) is 4.03. The van der Waals surface area contributed by atoms with Gasteiger partial charge in [-0.05, 0) is 81.5 Å². The Labute approximate surface area is 199 Å². The molecule has 1 atom stereocenters. The summed E-state index contributed by atoms with van der Waals surface area (Å²) in [6.45, 7) is 3.75. The smallest absolute Gasteiger partial charge is 0.240 e. The van der Waals surface area contributed by atoms with Crippen molar-refractivity contribution in [3.8, 4) is 5.69 Å². The van der Waals surface area contributed by atoms with Gasteiger partial charge in [0.2, 0.25) is 15.9 Å². The van der Waals surface area contributed by atoms with Gasteiger partial charge in [0.1, 0.15) is 11.6 Å². The summed E-state index contributed by atoms with van der Waals surface area (Å²) < 4.78 is 43.5. The minimum Gasteiger partial charge on any atom is -0.349 e. The van der Waals surface area contributed by atoms with E-state index < -0.39 is 10.0 Å². The molecule has 1 heterocycles. The van der Waals surface area contributed by atoms with Crippen LogP contribution in [0.15, 0.2) is 65.8 Å². The van der Waals surface area contributed by atoms with Crippen molar-refractivity contribution in [1.82, 2.24) is 19.6 Å². The fraction of sp³-hybridized carbons (Fsp3) is 0.360. The van der Waals surface area contributed by atoms with E-state index >= 15 is 0 Å². The SMILES string of the molecule is Cc1nccn1-c1ccc(S(=O)(=O)NC2CCC(C(=O)N[C@H](C)c3ccc(F)cc3)CC2)cc1. The van der Waals surface area contributed by atoms with E-state index in [1.807, 2.05) is 24.6 Å². The molecule has 180 valence electrons. The molecule has 7 nitrogen and oxygen atoms in total. The lowest BCUT2D eigenvalue weighted by atomic mass is 9.85. The van der Waals surface area contributed by atoms with E-state index in [1.165, 1.54) is 12.1 Å². The number of imidazole rings is 1. The highest BCUT2D eigenvalue weighted by Crippen LogP contribution is 2.27. The number of aryl methyl sites for hydroxylation is 1. The number of halogens is 1. The van der Waals surface area contributed by atoms with Crippen LogP contribution >= 0.6 is 0 Å². The first-order valence-corrected chi connectivity index (χ1v) is 12.9. The highest BCUT2D eigenvalue weighted by atomic mass is 32.2. The molecule has 2 N–H and O–H groups in total. The molecule has 0 aliphatic heterocycles. The third kappa shape index (κ3) is 5.53. The van der Waals surface area contributed by atoms with Gasteiger partial charge >= 0.3 is 0 Å². The van der Waals surface area contributed by atoms with Crippen molar-refractivity contribution >= 4 is 15.9 Å². The van der Waals surface area contributed by atoms with Gasteiger partial charge in [-0.15, -0.1) is 0 Å². The first kappa shape index (κ1) is 24.1. The quantitative estimate of drug-likeness (QED) is 0.530. The van der Waals surface area contributed by atoms with Crippen molar-refractivity contribution < 1.29 is 17.6 Å². The fourth-order valence-electron chi connectivity index (χ4n) is 4.36. The van der Waals surface area contributed by atoms with E-state index in [1.54, 1.807) is 42.6 Å². The number of sulfonamides is 1. The Morgan fingerprint density at radius 3 is 2.29 bits per heavy atom. The van der Waals surface area contributed by atoms with Crippen LogP contribution in [0.3, 0.4) is 0 Å². The molecule has 1 aliphatic rings. The number of rotatable bonds is 7. The van der Waals surface area contributed by atoms with E-state index in [0.717, 1.165) is 17.1 Å². The average Bonchev–Trinajstić information content (AvgIpc) is 3.25. The maximum atomic E-state index is 13.1. The molecule has 0 saturated heterocycles. The predicted molar refractivity (Wildman–Crippen MR) is 127 cm³/mol. The summed E-state index contributed by atoms with van der Waals surface area (Å²) in [5, 5.41) is 2.99. The molecule has 2 aromatic carbocycles. The molecule has 1 fully saturated rings. The molecule has 1 saturated carbocycles. The molecule has 3 aromatic rings. The van der Waals surface area contributed by atoms with Gasteiger partial charge in [-0.2, -0.15) is 0 Å². The van der Waals surface area contributed by atoms with Crippen molar-refractivity contribution in [3.05, 3.63) is 78.1 Å². The molecule has 1 aromatic heterocycles. The lowest BCUT2D eigenvalue weighted by Crippen LogP contribution is -2.41. The van der Waals surface area contributed by atoms with Crippen molar-refractivity contribution in [1.29, 1.82) is 0 Å². The Kier molecular flexibility index (Phi) is 7.13. The van der Waals surface area contributed by atoms with Gasteiger partial charge in [0.15, 0.2) is 0 Å². The van der Waals surface area contributed by atoms with Gasteiger partial charge in [-0.25, -0.2) is 22.5 Å². The van der Waals surface area contributed by atoms with E-state index in [-0.39, 0.29) is 34.6 Å². The van der Waals surface area contributed by atoms with Crippen LogP contribution in [-0.4, -0.2) is 29.9 Å².